The summed E-state index contributed by atoms with van der Waals surface area (Å²) in [6.07, 6.45) is 2.46. The van der Waals surface area contributed by atoms with Crippen molar-refractivity contribution in [2.24, 2.45) is 0 Å². The summed E-state index contributed by atoms with van der Waals surface area (Å²) in [7, 11) is -2.54. The average Bonchev–Trinajstić information content (AvgIpc) is 3.41. The Bertz CT molecular complexity index is 1050. The van der Waals surface area contributed by atoms with Crippen LogP contribution in [-0.4, -0.2) is 77.5 Å². The first kappa shape index (κ1) is 21.9. The van der Waals surface area contributed by atoms with Gasteiger partial charge >= 0.3 is 11.7 Å². The Morgan fingerprint density at radius 3 is 2.60 bits per heavy atom. The molecular weight excluding hydrogens is 438 g/mol. The van der Waals surface area contributed by atoms with Crippen LogP contribution < -0.4 is 0 Å². The molecule has 0 unspecified atom stereocenters. The fraction of sp³-hybridized carbons (Fsp3) is 0.438. The lowest BCUT2D eigenvalue weighted by molar-refractivity contribution is -0.385. The number of hydrogen-bond donors (Lipinski definition) is 0. The van der Waals surface area contributed by atoms with E-state index in [4.69, 9.17) is 0 Å². The Morgan fingerprint density at radius 2 is 2.00 bits per heavy atom. The lowest BCUT2D eigenvalue weighted by Gasteiger charge is -2.33. The first-order chi connectivity index (χ1) is 14.2. The number of rotatable bonds is 7. The summed E-state index contributed by atoms with van der Waals surface area (Å²) in [6.45, 7) is 0.912. The van der Waals surface area contributed by atoms with Crippen molar-refractivity contribution in [1.29, 1.82) is 0 Å². The molecule has 0 saturated carbocycles. The minimum absolute atomic E-state index is 0.0444. The lowest BCUT2D eigenvalue weighted by atomic mass is 10.3. The number of aryl methyl sites for hydroxylation is 1. The van der Waals surface area contributed by atoms with Gasteiger partial charge in [-0.05, 0) is 6.07 Å². The molecule has 1 saturated heterocycles. The molecule has 162 valence electrons. The molecule has 0 aromatic carbocycles. The Morgan fingerprint density at radius 1 is 1.30 bits per heavy atom. The van der Waals surface area contributed by atoms with Gasteiger partial charge in [0.1, 0.15) is 16.6 Å². The fourth-order valence-electron chi connectivity index (χ4n) is 2.92. The minimum atomic E-state index is -3.76. The average molecular weight is 457 g/mol. The third-order valence-corrected chi connectivity index (χ3v) is 7.88. The van der Waals surface area contributed by atoms with E-state index in [9.17, 15) is 28.1 Å². The molecule has 14 heteroatoms. The van der Waals surface area contributed by atoms with Gasteiger partial charge in [-0.15, -0.1) is 11.3 Å². The number of aromatic nitrogens is 2. The quantitative estimate of drug-likeness (QED) is 0.333. The van der Waals surface area contributed by atoms with Gasteiger partial charge in [-0.1, -0.05) is 0 Å². The Kier molecular flexibility index (Phi) is 6.48. The van der Waals surface area contributed by atoms with Crippen molar-refractivity contribution in [1.82, 2.24) is 19.0 Å². The number of piperazine rings is 1. The number of esters is 1. The summed E-state index contributed by atoms with van der Waals surface area (Å²) >= 11 is 0.942. The summed E-state index contributed by atoms with van der Waals surface area (Å²) in [5, 5.41) is 15.9. The first-order valence-electron chi connectivity index (χ1n) is 8.84. The highest BCUT2D eigenvalue weighted by Crippen LogP contribution is 2.25. The van der Waals surface area contributed by atoms with Crippen molar-refractivity contribution >= 4 is 38.9 Å². The molecule has 1 amide bonds. The van der Waals surface area contributed by atoms with E-state index in [0.29, 0.717) is 0 Å². The van der Waals surface area contributed by atoms with Crippen molar-refractivity contribution in [3.8, 4) is 0 Å². The van der Waals surface area contributed by atoms with Crippen LogP contribution in [0.3, 0.4) is 0 Å². The molecule has 0 N–H and O–H groups in total. The van der Waals surface area contributed by atoms with Crippen molar-refractivity contribution < 1.29 is 27.7 Å². The lowest BCUT2D eigenvalue weighted by Crippen LogP contribution is -2.50. The smallest absolute Gasteiger partial charge is 0.338 e. The number of hydrogen-bond acceptors (Lipinski definition) is 9. The molecular formula is C16H19N5O7S2. The van der Waals surface area contributed by atoms with Gasteiger partial charge in [0.15, 0.2) is 0 Å². The van der Waals surface area contributed by atoms with E-state index in [1.807, 2.05) is 0 Å². The predicted molar refractivity (Wildman–Crippen MR) is 104 cm³/mol. The van der Waals surface area contributed by atoms with Crippen molar-refractivity contribution in [3.63, 3.8) is 0 Å². The number of nitrogens with zero attached hydrogens (tertiary/aromatic N) is 5. The molecule has 0 atom stereocenters. The summed E-state index contributed by atoms with van der Waals surface area (Å²) in [5.74, 6) is -0.792. The second-order valence-corrected chi connectivity index (χ2v) is 9.48. The zero-order valence-corrected chi connectivity index (χ0v) is 17.6. The van der Waals surface area contributed by atoms with E-state index in [1.165, 1.54) is 33.7 Å². The minimum Gasteiger partial charge on any atom is -0.465 e. The molecule has 2 aromatic rings. The maximum absolute atomic E-state index is 12.8. The second kappa shape index (κ2) is 8.89. The van der Waals surface area contributed by atoms with Gasteiger partial charge in [-0.3, -0.25) is 19.6 Å². The van der Waals surface area contributed by atoms with Crippen LogP contribution in [0.5, 0.6) is 0 Å². The molecule has 3 heterocycles. The Balaban J connectivity index is 1.54. The van der Waals surface area contributed by atoms with Gasteiger partial charge in [0, 0.05) is 44.5 Å². The number of nitro groups is 1. The molecule has 3 rings (SSSR count). The summed E-state index contributed by atoms with van der Waals surface area (Å²) in [6, 6.07) is 1.28. The largest absolute Gasteiger partial charge is 0.465 e. The molecule has 12 nitrogen and oxygen atoms in total. The van der Waals surface area contributed by atoms with E-state index >= 15 is 0 Å². The Hall–Kier alpha value is -2.84. The number of sulfonamides is 1. The van der Waals surface area contributed by atoms with Gasteiger partial charge in [0.25, 0.3) is 10.0 Å². The van der Waals surface area contributed by atoms with E-state index in [0.717, 1.165) is 17.5 Å². The zero-order chi connectivity index (χ0) is 21.9. The third-order valence-electron chi connectivity index (χ3n) is 4.57. The molecule has 0 spiro atoms. The van der Waals surface area contributed by atoms with Gasteiger partial charge < -0.3 is 9.64 Å². The molecule has 2 aromatic heterocycles. The highest BCUT2D eigenvalue weighted by molar-refractivity contribution is 7.91. The number of carbonyl (C=O) groups excluding carboxylic acids is 2. The maximum atomic E-state index is 12.8. The van der Waals surface area contributed by atoms with Crippen LogP contribution in [0.15, 0.2) is 28.0 Å². The van der Waals surface area contributed by atoms with Gasteiger partial charge in [0.05, 0.1) is 17.6 Å². The normalized spacial score (nSPS) is 15.2. The van der Waals surface area contributed by atoms with Crippen LogP contribution in [0.4, 0.5) is 5.69 Å². The highest BCUT2D eigenvalue weighted by atomic mass is 32.2. The van der Waals surface area contributed by atoms with Crippen LogP contribution in [0.2, 0.25) is 0 Å². The monoisotopic (exact) mass is 457 g/mol. The number of carbonyl (C=O) groups is 2. The second-order valence-electron chi connectivity index (χ2n) is 6.40. The van der Waals surface area contributed by atoms with E-state index < -0.39 is 20.9 Å². The number of ether oxygens (including phenoxy) is 1. The molecule has 30 heavy (non-hydrogen) atoms. The van der Waals surface area contributed by atoms with Crippen LogP contribution >= 0.6 is 11.3 Å². The third kappa shape index (κ3) is 4.66. The topological polar surface area (TPSA) is 145 Å². The first-order valence-corrected chi connectivity index (χ1v) is 11.2. The standard InChI is InChI=1S/C16H19N5O7S2/c1-28-16(23)12-8-15(29-11-12)30(26,27)20-6-4-18(5-7-20)14(22)2-3-19-10-13(9-17-19)21(24)25/h8-11H,2-7H2,1H3. The molecule has 1 aliphatic heterocycles. The zero-order valence-electron chi connectivity index (χ0n) is 16.0. The van der Waals surface area contributed by atoms with Crippen LogP contribution in [0, 0.1) is 10.1 Å². The van der Waals surface area contributed by atoms with Crippen molar-refractivity contribution in [3.05, 3.63) is 39.5 Å². The molecule has 0 radical (unpaired) electrons. The molecule has 0 aliphatic carbocycles. The van der Waals surface area contributed by atoms with Crippen molar-refractivity contribution in [2.75, 3.05) is 33.3 Å². The van der Waals surface area contributed by atoms with Gasteiger partial charge in [-0.2, -0.15) is 9.40 Å². The highest BCUT2D eigenvalue weighted by Gasteiger charge is 2.31. The Labute approximate surface area is 175 Å². The van der Waals surface area contributed by atoms with Crippen LogP contribution in [0.25, 0.3) is 0 Å². The van der Waals surface area contributed by atoms with E-state index in [2.05, 4.69) is 9.84 Å². The number of thiophene rings is 1. The summed E-state index contributed by atoms with van der Waals surface area (Å²) < 4.78 is 32.8. The molecule has 1 fully saturated rings. The number of amides is 1. The number of methoxy groups -OCH3 is 1. The summed E-state index contributed by atoms with van der Waals surface area (Å²) in [4.78, 5) is 35.6. The van der Waals surface area contributed by atoms with Gasteiger partial charge in [0.2, 0.25) is 5.91 Å². The maximum Gasteiger partial charge on any atom is 0.338 e. The molecule has 0 bridgehead atoms. The van der Waals surface area contributed by atoms with Crippen molar-refractivity contribution in [2.45, 2.75) is 17.2 Å². The van der Waals surface area contributed by atoms with Crippen LogP contribution in [0.1, 0.15) is 16.8 Å². The van der Waals surface area contributed by atoms with E-state index in [1.54, 1.807) is 4.90 Å². The predicted octanol–water partition coefficient (Wildman–Crippen LogP) is 0.563. The van der Waals surface area contributed by atoms with Crippen LogP contribution in [-0.2, 0) is 26.1 Å². The SMILES string of the molecule is COC(=O)c1csc(S(=O)(=O)N2CCN(C(=O)CCn3cc([N+](=O)[O-])cn3)CC2)c1. The van der Waals surface area contributed by atoms with Gasteiger partial charge in [-0.25, -0.2) is 13.2 Å². The summed E-state index contributed by atoms with van der Waals surface area (Å²) in [5.41, 5.74) is 0.0268. The van der Waals surface area contributed by atoms with E-state index in [-0.39, 0.29) is 60.5 Å². The fourth-order valence-corrected chi connectivity index (χ4v) is 5.64. The molecule has 1 aliphatic rings.